The number of nitrogens with one attached hydrogen (secondary N) is 2. The summed E-state index contributed by atoms with van der Waals surface area (Å²) in [6.07, 6.45) is 0. The zero-order valence-electron chi connectivity index (χ0n) is 14.8. The Morgan fingerprint density at radius 2 is 1.92 bits per heavy atom. The Hall–Kier alpha value is -2.35. The lowest BCUT2D eigenvalue weighted by atomic mass is 10.2. The molecule has 8 nitrogen and oxygen atoms in total. The SMILES string of the molecule is COCCNC(=O)NC(=O)COC(=O)c1cc(C)n(C(C)C)c1C. The first-order chi connectivity index (χ1) is 11.3. The predicted molar refractivity (Wildman–Crippen MR) is 88.0 cm³/mol. The number of carbonyl (C=O) groups is 3. The Morgan fingerprint density at radius 3 is 2.46 bits per heavy atom. The van der Waals surface area contributed by atoms with Crippen LogP contribution in [0.2, 0.25) is 0 Å². The first-order valence-electron chi connectivity index (χ1n) is 7.70. The summed E-state index contributed by atoms with van der Waals surface area (Å²) in [6, 6.07) is 1.28. The van der Waals surface area contributed by atoms with Crippen LogP contribution in [0, 0.1) is 13.8 Å². The molecule has 0 aliphatic rings. The van der Waals surface area contributed by atoms with Crippen molar-refractivity contribution in [2.24, 2.45) is 0 Å². The molecule has 8 heteroatoms. The topological polar surface area (TPSA) is 98.7 Å². The van der Waals surface area contributed by atoms with Crippen LogP contribution in [-0.2, 0) is 14.3 Å². The van der Waals surface area contributed by atoms with Gasteiger partial charge in [-0.2, -0.15) is 0 Å². The zero-order chi connectivity index (χ0) is 18.3. The van der Waals surface area contributed by atoms with E-state index in [4.69, 9.17) is 9.47 Å². The summed E-state index contributed by atoms with van der Waals surface area (Å²) in [5.41, 5.74) is 2.14. The number of imide groups is 1. The average Bonchev–Trinajstić information content (AvgIpc) is 2.80. The van der Waals surface area contributed by atoms with Gasteiger partial charge in [-0.15, -0.1) is 0 Å². The summed E-state index contributed by atoms with van der Waals surface area (Å²) in [4.78, 5) is 35.1. The highest BCUT2D eigenvalue weighted by atomic mass is 16.5. The van der Waals surface area contributed by atoms with E-state index >= 15 is 0 Å². The Bertz CT molecular complexity index is 607. The van der Waals surface area contributed by atoms with Crippen molar-refractivity contribution in [3.8, 4) is 0 Å². The maximum Gasteiger partial charge on any atom is 0.340 e. The highest BCUT2D eigenvalue weighted by molar-refractivity contribution is 5.97. The lowest BCUT2D eigenvalue weighted by Gasteiger charge is -2.13. The zero-order valence-corrected chi connectivity index (χ0v) is 14.8. The number of hydrogen-bond donors (Lipinski definition) is 2. The second kappa shape index (κ2) is 9.07. The van der Waals surface area contributed by atoms with Gasteiger partial charge < -0.3 is 19.4 Å². The molecule has 3 amide bonds. The van der Waals surface area contributed by atoms with E-state index in [0.717, 1.165) is 11.4 Å². The van der Waals surface area contributed by atoms with E-state index in [0.29, 0.717) is 12.2 Å². The number of aryl methyl sites for hydroxylation is 1. The highest BCUT2D eigenvalue weighted by Gasteiger charge is 2.19. The van der Waals surface area contributed by atoms with Crippen LogP contribution >= 0.6 is 0 Å². The third-order valence-electron chi connectivity index (χ3n) is 3.40. The van der Waals surface area contributed by atoms with Gasteiger partial charge in [0.15, 0.2) is 6.61 Å². The number of amides is 3. The van der Waals surface area contributed by atoms with E-state index in [-0.39, 0.29) is 12.6 Å². The maximum atomic E-state index is 12.1. The molecule has 1 aromatic rings. The summed E-state index contributed by atoms with van der Waals surface area (Å²) in [7, 11) is 1.50. The van der Waals surface area contributed by atoms with Gasteiger partial charge in [-0.05, 0) is 33.8 Å². The fraction of sp³-hybridized carbons (Fsp3) is 0.562. The molecule has 1 aromatic heterocycles. The summed E-state index contributed by atoms with van der Waals surface area (Å²) >= 11 is 0. The quantitative estimate of drug-likeness (QED) is 0.576. The number of esters is 1. The minimum atomic E-state index is -0.698. The Balaban J connectivity index is 2.53. The first-order valence-corrected chi connectivity index (χ1v) is 7.70. The van der Waals surface area contributed by atoms with Crippen molar-refractivity contribution < 1.29 is 23.9 Å². The number of nitrogens with zero attached hydrogens (tertiary/aromatic N) is 1. The number of aromatic nitrogens is 1. The molecule has 0 saturated heterocycles. The normalized spacial score (nSPS) is 10.6. The van der Waals surface area contributed by atoms with E-state index in [2.05, 4.69) is 10.6 Å². The Morgan fingerprint density at radius 1 is 1.25 bits per heavy atom. The van der Waals surface area contributed by atoms with Crippen LogP contribution < -0.4 is 10.6 Å². The molecule has 24 heavy (non-hydrogen) atoms. The Labute approximate surface area is 141 Å². The van der Waals surface area contributed by atoms with Gasteiger partial charge in [-0.1, -0.05) is 0 Å². The number of rotatable bonds is 7. The molecule has 0 bridgehead atoms. The third kappa shape index (κ3) is 5.38. The summed E-state index contributed by atoms with van der Waals surface area (Å²) < 4.78 is 11.8. The molecule has 2 N–H and O–H groups in total. The summed E-state index contributed by atoms with van der Waals surface area (Å²) in [6.45, 7) is 7.85. The molecule has 0 radical (unpaired) electrons. The number of methoxy groups -OCH3 is 1. The van der Waals surface area contributed by atoms with Crippen LogP contribution in [0.3, 0.4) is 0 Å². The van der Waals surface area contributed by atoms with Gasteiger partial charge in [0.05, 0.1) is 12.2 Å². The molecule has 0 atom stereocenters. The molecular formula is C16H25N3O5. The third-order valence-corrected chi connectivity index (χ3v) is 3.40. The maximum absolute atomic E-state index is 12.1. The van der Waals surface area contributed by atoms with Gasteiger partial charge >= 0.3 is 12.0 Å². The highest BCUT2D eigenvalue weighted by Crippen LogP contribution is 2.20. The van der Waals surface area contributed by atoms with Crippen LogP contribution in [-0.4, -0.2) is 49.3 Å². The van der Waals surface area contributed by atoms with Crippen LogP contribution in [0.1, 0.15) is 41.6 Å². The van der Waals surface area contributed by atoms with E-state index in [9.17, 15) is 14.4 Å². The molecule has 134 valence electrons. The monoisotopic (exact) mass is 339 g/mol. The van der Waals surface area contributed by atoms with Gasteiger partial charge in [-0.25, -0.2) is 9.59 Å². The molecule has 0 aliphatic heterocycles. The van der Waals surface area contributed by atoms with Crippen molar-refractivity contribution in [1.29, 1.82) is 0 Å². The van der Waals surface area contributed by atoms with E-state index in [1.54, 1.807) is 6.07 Å². The fourth-order valence-electron chi connectivity index (χ4n) is 2.46. The van der Waals surface area contributed by atoms with Gasteiger partial charge in [0.2, 0.25) is 0 Å². The average molecular weight is 339 g/mol. The van der Waals surface area contributed by atoms with E-state index < -0.39 is 24.5 Å². The molecule has 0 unspecified atom stereocenters. The van der Waals surface area contributed by atoms with Crippen LogP contribution in [0.4, 0.5) is 4.79 Å². The molecule has 0 saturated carbocycles. The lowest BCUT2D eigenvalue weighted by Crippen LogP contribution is -2.42. The van der Waals surface area contributed by atoms with Crippen molar-refractivity contribution >= 4 is 17.9 Å². The van der Waals surface area contributed by atoms with Crippen molar-refractivity contribution in [2.75, 3.05) is 26.9 Å². The molecule has 1 heterocycles. The predicted octanol–water partition coefficient (Wildman–Crippen LogP) is 1.31. The van der Waals surface area contributed by atoms with E-state index in [1.165, 1.54) is 7.11 Å². The Kier molecular flexibility index (Phi) is 7.44. The summed E-state index contributed by atoms with van der Waals surface area (Å²) in [5.74, 6) is -1.29. The second-order valence-corrected chi connectivity index (χ2v) is 5.62. The molecule has 1 rings (SSSR count). The van der Waals surface area contributed by atoms with Crippen LogP contribution in [0.15, 0.2) is 6.07 Å². The molecule has 0 spiro atoms. The van der Waals surface area contributed by atoms with Gasteiger partial charge in [-0.3, -0.25) is 10.1 Å². The van der Waals surface area contributed by atoms with Crippen molar-refractivity contribution in [1.82, 2.24) is 15.2 Å². The van der Waals surface area contributed by atoms with Gasteiger partial charge in [0.1, 0.15) is 0 Å². The number of hydrogen-bond acceptors (Lipinski definition) is 5. The second-order valence-electron chi connectivity index (χ2n) is 5.62. The summed E-state index contributed by atoms with van der Waals surface area (Å²) in [5, 5.41) is 4.49. The van der Waals surface area contributed by atoms with Crippen LogP contribution in [0.5, 0.6) is 0 Å². The lowest BCUT2D eigenvalue weighted by molar-refractivity contribution is -0.123. The van der Waals surface area contributed by atoms with Crippen molar-refractivity contribution in [3.05, 3.63) is 23.0 Å². The molecular weight excluding hydrogens is 314 g/mol. The minimum absolute atomic E-state index is 0.214. The standard InChI is InChI=1S/C16H25N3O5/c1-10(2)19-11(3)8-13(12(19)4)15(21)24-9-14(20)18-16(22)17-6-7-23-5/h8,10H,6-7,9H2,1-5H3,(H2,17,18,20,22). The van der Waals surface area contributed by atoms with Gasteiger partial charge in [0.25, 0.3) is 5.91 Å². The largest absolute Gasteiger partial charge is 0.452 e. The van der Waals surface area contributed by atoms with Crippen molar-refractivity contribution in [2.45, 2.75) is 33.7 Å². The number of ether oxygens (including phenoxy) is 2. The van der Waals surface area contributed by atoms with Gasteiger partial charge in [0, 0.05) is 31.1 Å². The smallest absolute Gasteiger partial charge is 0.340 e. The van der Waals surface area contributed by atoms with Crippen molar-refractivity contribution in [3.63, 3.8) is 0 Å². The number of carbonyl (C=O) groups excluding carboxylic acids is 3. The minimum Gasteiger partial charge on any atom is -0.452 e. The van der Waals surface area contributed by atoms with Crippen LogP contribution in [0.25, 0.3) is 0 Å². The molecule has 0 aliphatic carbocycles. The number of urea groups is 1. The molecule has 0 fully saturated rings. The first kappa shape index (κ1) is 19.7. The fourth-order valence-corrected chi connectivity index (χ4v) is 2.46. The molecule has 0 aromatic carbocycles. The van der Waals surface area contributed by atoms with E-state index in [1.807, 2.05) is 32.3 Å².